The number of aromatic nitrogens is 1. The highest BCUT2D eigenvalue weighted by Gasteiger charge is 2.25. The number of rotatable bonds is 6. The summed E-state index contributed by atoms with van der Waals surface area (Å²) in [6, 6.07) is 13.8. The van der Waals surface area contributed by atoms with Crippen molar-refractivity contribution in [2.75, 3.05) is 52.4 Å². The normalized spacial score (nSPS) is 14.1. The molecule has 1 aromatic heterocycles. The van der Waals surface area contributed by atoms with Gasteiger partial charge < -0.3 is 24.0 Å². The van der Waals surface area contributed by atoms with Crippen molar-refractivity contribution in [3.8, 4) is 27.8 Å². The molecule has 0 bridgehead atoms. The molecule has 0 atom stereocenters. The van der Waals surface area contributed by atoms with Gasteiger partial charge in [0, 0.05) is 37.4 Å². The van der Waals surface area contributed by atoms with Crippen LogP contribution < -0.4 is 19.1 Å². The fraction of sp³-hybridized carbons (Fsp3) is 0.360. The van der Waals surface area contributed by atoms with E-state index in [2.05, 4.69) is 22.0 Å². The smallest absolute Gasteiger partial charge is 0.265 e. The SMILES string of the molecule is COc1ccc(N2CCCN(C(=O)c3sc(-c4ccc(OC)c(OC)c4)nc3C)CC2)cc1. The van der Waals surface area contributed by atoms with Crippen LogP contribution in [0.25, 0.3) is 10.6 Å². The Balaban J connectivity index is 1.49. The number of amides is 1. The van der Waals surface area contributed by atoms with Gasteiger partial charge in [0.1, 0.15) is 15.6 Å². The average Bonchev–Trinajstić information content (AvgIpc) is 3.08. The number of ether oxygens (including phenoxy) is 3. The maximum atomic E-state index is 13.4. The number of carbonyl (C=O) groups excluding carboxylic acids is 1. The molecule has 2 aromatic carbocycles. The lowest BCUT2D eigenvalue weighted by molar-refractivity contribution is 0.0771. The average molecular weight is 468 g/mol. The Kier molecular flexibility index (Phi) is 7.03. The van der Waals surface area contributed by atoms with E-state index in [1.807, 2.05) is 42.2 Å². The van der Waals surface area contributed by atoms with Gasteiger partial charge in [0.15, 0.2) is 11.5 Å². The molecule has 8 heteroatoms. The number of aryl methyl sites for hydroxylation is 1. The fourth-order valence-corrected chi connectivity index (χ4v) is 5.03. The Bertz CT molecular complexity index is 1110. The van der Waals surface area contributed by atoms with Crippen LogP contribution in [-0.4, -0.2) is 63.3 Å². The molecule has 0 aliphatic carbocycles. The summed E-state index contributed by atoms with van der Waals surface area (Å²) in [4.78, 5) is 23.0. The number of hydrogen-bond donors (Lipinski definition) is 0. The van der Waals surface area contributed by atoms with Crippen molar-refractivity contribution >= 4 is 22.9 Å². The fourth-order valence-electron chi connectivity index (χ4n) is 4.00. The zero-order valence-corrected chi connectivity index (χ0v) is 20.3. The first kappa shape index (κ1) is 22.9. The summed E-state index contributed by atoms with van der Waals surface area (Å²) >= 11 is 1.43. The van der Waals surface area contributed by atoms with Crippen molar-refractivity contribution < 1.29 is 19.0 Å². The quantitative estimate of drug-likeness (QED) is 0.532. The van der Waals surface area contributed by atoms with Crippen molar-refractivity contribution in [2.24, 2.45) is 0 Å². The predicted octanol–water partition coefficient (Wildman–Crippen LogP) is 4.50. The van der Waals surface area contributed by atoms with Crippen molar-refractivity contribution in [1.29, 1.82) is 0 Å². The van der Waals surface area contributed by atoms with Crippen LogP contribution in [-0.2, 0) is 0 Å². The van der Waals surface area contributed by atoms with Gasteiger partial charge in [-0.15, -0.1) is 11.3 Å². The number of anilines is 1. The summed E-state index contributed by atoms with van der Waals surface area (Å²) in [5, 5.41) is 0.798. The molecular formula is C25H29N3O4S. The molecule has 0 radical (unpaired) electrons. The van der Waals surface area contributed by atoms with Gasteiger partial charge in [-0.3, -0.25) is 4.79 Å². The van der Waals surface area contributed by atoms with Crippen LogP contribution >= 0.6 is 11.3 Å². The standard InChI is InChI=1S/C25H29N3O4S/c1-17-23(33-24(26-17)18-6-11-21(31-3)22(16-18)32-4)25(29)28-13-5-12-27(14-15-28)19-7-9-20(30-2)10-8-19/h6-11,16H,5,12-15H2,1-4H3. The lowest BCUT2D eigenvalue weighted by Gasteiger charge is -2.23. The van der Waals surface area contributed by atoms with Crippen LogP contribution in [0.4, 0.5) is 5.69 Å². The molecule has 1 aliphatic heterocycles. The Labute approximate surface area is 198 Å². The Morgan fingerprint density at radius 3 is 2.36 bits per heavy atom. The topological polar surface area (TPSA) is 64.1 Å². The number of nitrogens with zero attached hydrogens (tertiary/aromatic N) is 3. The van der Waals surface area contributed by atoms with E-state index < -0.39 is 0 Å². The first-order valence-corrected chi connectivity index (χ1v) is 11.7. The number of hydrogen-bond acceptors (Lipinski definition) is 7. The first-order valence-electron chi connectivity index (χ1n) is 10.9. The maximum absolute atomic E-state index is 13.4. The molecule has 1 amide bonds. The summed E-state index contributed by atoms with van der Waals surface area (Å²) in [6.45, 7) is 5.00. The molecule has 3 aromatic rings. The van der Waals surface area contributed by atoms with Gasteiger partial charge in [-0.05, 0) is 55.8 Å². The third-order valence-electron chi connectivity index (χ3n) is 5.84. The van der Waals surface area contributed by atoms with E-state index in [4.69, 9.17) is 14.2 Å². The lowest BCUT2D eigenvalue weighted by atomic mass is 10.2. The highest BCUT2D eigenvalue weighted by Crippen LogP contribution is 2.35. The maximum Gasteiger partial charge on any atom is 0.265 e. The van der Waals surface area contributed by atoms with Crippen LogP contribution in [0.2, 0.25) is 0 Å². The van der Waals surface area contributed by atoms with Crippen molar-refractivity contribution in [3.05, 3.63) is 53.0 Å². The molecule has 7 nitrogen and oxygen atoms in total. The molecule has 1 saturated heterocycles. The lowest BCUT2D eigenvalue weighted by Crippen LogP contribution is -2.35. The monoisotopic (exact) mass is 467 g/mol. The zero-order chi connectivity index (χ0) is 23.4. The van der Waals surface area contributed by atoms with E-state index in [0.717, 1.165) is 53.8 Å². The molecule has 0 unspecified atom stereocenters. The van der Waals surface area contributed by atoms with Crippen molar-refractivity contribution in [2.45, 2.75) is 13.3 Å². The number of carbonyl (C=O) groups is 1. The minimum Gasteiger partial charge on any atom is -0.497 e. The first-order chi connectivity index (χ1) is 16.0. The van der Waals surface area contributed by atoms with Gasteiger partial charge in [-0.25, -0.2) is 4.98 Å². The number of methoxy groups -OCH3 is 3. The van der Waals surface area contributed by atoms with Crippen LogP contribution in [0.3, 0.4) is 0 Å². The van der Waals surface area contributed by atoms with Gasteiger partial charge >= 0.3 is 0 Å². The highest BCUT2D eigenvalue weighted by molar-refractivity contribution is 7.17. The van der Waals surface area contributed by atoms with E-state index in [-0.39, 0.29) is 5.91 Å². The third kappa shape index (κ3) is 4.90. The third-order valence-corrected chi connectivity index (χ3v) is 7.04. The zero-order valence-electron chi connectivity index (χ0n) is 19.5. The minimum atomic E-state index is 0.0494. The molecule has 0 spiro atoms. The van der Waals surface area contributed by atoms with E-state index in [1.165, 1.54) is 11.3 Å². The summed E-state index contributed by atoms with van der Waals surface area (Å²) < 4.78 is 16.0. The highest BCUT2D eigenvalue weighted by atomic mass is 32.1. The van der Waals surface area contributed by atoms with Crippen LogP contribution in [0, 0.1) is 6.92 Å². The second-order valence-electron chi connectivity index (χ2n) is 7.83. The second kappa shape index (κ2) is 10.1. The van der Waals surface area contributed by atoms with E-state index >= 15 is 0 Å². The van der Waals surface area contributed by atoms with Gasteiger partial charge in [0.05, 0.1) is 27.0 Å². The van der Waals surface area contributed by atoms with E-state index in [9.17, 15) is 4.79 Å². The van der Waals surface area contributed by atoms with Gasteiger partial charge in [0.2, 0.25) is 0 Å². The molecular weight excluding hydrogens is 438 g/mol. The molecule has 0 saturated carbocycles. The molecule has 1 aliphatic rings. The molecule has 0 N–H and O–H groups in total. The van der Waals surface area contributed by atoms with E-state index in [1.54, 1.807) is 21.3 Å². The van der Waals surface area contributed by atoms with Crippen LogP contribution in [0.5, 0.6) is 17.2 Å². The molecule has 2 heterocycles. The summed E-state index contributed by atoms with van der Waals surface area (Å²) in [7, 11) is 4.89. The summed E-state index contributed by atoms with van der Waals surface area (Å²) in [5.74, 6) is 2.20. The number of thiazole rings is 1. The molecule has 4 rings (SSSR count). The summed E-state index contributed by atoms with van der Waals surface area (Å²) in [6.07, 6.45) is 0.915. The van der Waals surface area contributed by atoms with Gasteiger partial charge in [-0.1, -0.05) is 0 Å². The van der Waals surface area contributed by atoms with Crippen LogP contribution in [0.15, 0.2) is 42.5 Å². The minimum absolute atomic E-state index is 0.0494. The Hall–Kier alpha value is -3.26. The second-order valence-corrected chi connectivity index (χ2v) is 8.83. The van der Waals surface area contributed by atoms with Gasteiger partial charge in [0.25, 0.3) is 5.91 Å². The largest absolute Gasteiger partial charge is 0.497 e. The molecule has 1 fully saturated rings. The number of benzene rings is 2. The Morgan fingerprint density at radius 1 is 0.909 bits per heavy atom. The van der Waals surface area contributed by atoms with Crippen molar-refractivity contribution in [3.63, 3.8) is 0 Å². The Morgan fingerprint density at radius 2 is 1.67 bits per heavy atom. The van der Waals surface area contributed by atoms with E-state index in [0.29, 0.717) is 22.9 Å². The van der Waals surface area contributed by atoms with Crippen molar-refractivity contribution in [1.82, 2.24) is 9.88 Å². The molecule has 33 heavy (non-hydrogen) atoms. The van der Waals surface area contributed by atoms with Gasteiger partial charge in [-0.2, -0.15) is 0 Å². The summed E-state index contributed by atoms with van der Waals surface area (Å²) in [5.41, 5.74) is 2.81. The van der Waals surface area contributed by atoms with Crippen LogP contribution in [0.1, 0.15) is 21.8 Å². The molecule has 174 valence electrons. The predicted molar refractivity (Wildman–Crippen MR) is 131 cm³/mol.